The van der Waals surface area contributed by atoms with Gasteiger partial charge in [-0.15, -0.1) is 11.8 Å². The van der Waals surface area contributed by atoms with Gasteiger partial charge in [0.25, 0.3) is 0 Å². The minimum Gasteiger partial charge on any atom is -0.373 e. The van der Waals surface area contributed by atoms with E-state index in [-0.39, 0.29) is 0 Å². The smallest absolute Gasteiger partial charge is 0.133 e. The van der Waals surface area contributed by atoms with Crippen molar-refractivity contribution in [1.82, 2.24) is 9.97 Å². The molecule has 3 nitrogen and oxygen atoms in total. The maximum atomic E-state index is 4.74. The summed E-state index contributed by atoms with van der Waals surface area (Å²) in [5.41, 5.74) is 1.20. The molecule has 0 unspecified atom stereocenters. The van der Waals surface area contributed by atoms with Gasteiger partial charge in [-0.2, -0.15) is 0 Å². The van der Waals surface area contributed by atoms with Crippen LogP contribution in [0.3, 0.4) is 0 Å². The van der Waals surface area contributed by atoms with Crippen molar-refractivity contribution in [2.24, 2.45) is 5.92 Å². The number of thioether (sulfide) groups is 1. The molecule has 4 heteroatoms. The molecule has 0 aliphatic heterocycles. The van der Waals surface area contributed by atoms with Gasteiger partial charge in [0.2, 0.25) is 0 Å². The summed E-state index contributed by atoms with van der Waals surface area (Å²) in [7, 11) is 1.94. The summed E-state index contributed by atoms with van der Waals surface area (Å²) in [6, 6.07) is 0. The second-order valence-electron chi connectivity index (χ2n) is 5.38. The van der Waals surface area contributed by atoms with Gasteiger partial charge < -0.3 is 5.32 Å². The Kier molecular flexibility index (Phi) is 5.49. The van der Waals surface area contributed by atoms with Gasteiger partial charge in [-0.25, -0.2) is 9.97 Å². The van der Waals surface area contributed by atoms with Crippen LogP contribution in [0.15, 0.2) is 5.03 Å². The predicted octanol–water partition coefficient (Wildman–Crippen LogP) is 4.06. The average molecular weight is 279 g/mol. The van der Waals surface area contributed by atoms with Crippen molar-refractivity contribution in [3.05, 3.63) is 11.4 Å². The summed E-state index contributed by atoms with van der Waals surface area (Å²) in [6.07, 6.45) is 7.69. The van der Waals surface area contributed by atoms with Crippen LogP contribution < -0.4 is 5.32 Å². The summed E-state index contributed by atoms with van der Waals surface area (Å²) in [5, 5.41) is 4.37. The van der Waals surface area contributed by atoms with E-state index in [2.05, 4.69) is 24.1 Å². The Balaban J connectivity index is 2.09. The molecule has 0 spiro atoms. The zero-order chi connectivity index (χ0) is 13.7. The highest BCUT2D eigenvalue weighted by molar-refractivity contribution is 7.99. The summed E-state index contributed by atoms with van der Waals surface area (Å²) in [5.74, 6) is 4.08. The van der Waals surface area contributed by atoms with Crippen molar-refractivity contribution in [1.29, 1.82) is 0 Å². The molecule has 2 rings (SSSR count). The Morgan fingerprint density at radius 3 is 2.63 bits per heavy atom. The Morgan fingerprint density at radius 2 is 2.00 bits per heavy atom. The minimum absolute atomic E-state index is 0.895. The zero-order valence-corrected chi connectivity index (χ0v) is 13.1. The quantitative estimate of drug-likeness (QED) is 0.629. The lowest BCUT2D eigenvalue weighted by molar-refractivity contribution is 0.622. The van der Waals surface area contributed by atoms with Gasteiger partial charge >= 0.3 is 0 Å². The second kappa shape index (κ2) is 7.13. The van der Waals surface area contributed by atoms with Gasteiger partial charge in [-0.05, 0) is 32.1 Å². The Morgan fingerprint density at radius 1 is 1.26 bits per heavy atom. The molecule has 0 atom stereocenters. The van der Waals surface area contributed by atoms with Crippen LogP contribution in [0.25, 0.3) is 0 Å². The molecule has 1 heterocycles. The van der Waals surface area contributed by atoms with E-state index in [9.17, 15) is 0 Å². The zero-order valence-electron chi connectivity index (χ0n) is 12.3. The normalized spacial score (nSPS) is 15.9. The van der Waals surface area contributed by atoms with E-state index in [1.807, 2.05) is 18.8 Å². The second-order valence-corrected chi connectivity index (χ2v) is 6.39. The summed E-state index contributed by atoms with van der Waals surface area (Å²) >= 11 is 1.92. The molecule has 0 radical (unpaired) electrons. The van der Waals surface area contributed by atoms with Gasteiger partial charge in [0.1, 0.15) is 16.7 Å². The number of hydrogen-bond donors (Lipinski definition) is 1. The van der Waals surface area contributed by atoms with Gasteiger partial charge in [0.05, 0.1) is 0 Å². The van der Waals surface area contributed by atoms with Crippen molar-refractivity contribution in [3.8, 4) is 0 Å². The molecular weight excluding hydrogens is 254 g/mol. The third-order valence-corrected chi connectivity index (χ3v) is 5.10. The molecular formula is C15H25N3S. The highest BCUT2D eigenvalue weighted by Gasteiger charge is 2.17. The van der Waals surface area contributed by atoms with E-state index >= 15 is 0 Å². The van der Waals surface area contributed by atoms with Crippen molar-refractivity contribution < 1.29 is 0 Å². The van der Waals surface area contributed by atoms with Crippen molar-refractivity contribution in [3.63, 3.8) is 0 Å². The highest BCUT2D eigenvalue weighted by atomic mass is 32.2. The van der Waals surface area contributed by atoms with Crippen molar-refractivity contribution in [2.45, 2.75) is 57.4 Å². The average Bonchev–Trinajstić information content (AvgIpc) is 2.92. The molecule has 0 bridgehead atoms. The number of aromatic nitrogens is 2. The maximum absolute atomic E-state index is 4.74. The predicted molar refractivity (Wildman–Crippen MR) is 83.0 cm³/mol. The van der Waals surface area contributed by atoms with Gasteiger partial charge in [0.15, 0.2) is 0 Å². The van der Waals surface area contributed by atoms with Crippen LogP contribution in [-0.2, 0) is 6.42 Å². The lowest BCUT2D eigenvalue weighted by Crippen LogP contribution is -2.06. The van der Waals surface area contributed by atoms with E-state index < -0.39 is 0 Å². The molecule has 1 saturated carbocycles. The van der Waals surface area contributed by atoms with E-state index in [0.29, 0.717) is 0 Å². The van der Waals surface area contributed by atoms with Crippen LogP contribution in [0.1, 0.15) is 50.4 Å². The molecule has 1 aromatic heterocycles. The fourth-order valence-electron chi connectivity index (χ4n) is 2.63. The van der Waals surface area contributed by atoms with E-state index in [0.717, 1.165) is 30.4 Å². The van der Waals surface area contributed by atoms with Gasteiger partial charge in [0, 0.05) is 24.8 Å². The molecule has 0 amide bonds. The molecule has 1 fully saturated rings. The largest absolute Gasteiger partial charge is 0.373 e. The molecule has 1 aromatic rings. The SMILES string of the molecule is CCCc1nc(NC)c(C)c(SCC2CCCC2)n1. The standard InChI is InChI=1S/C15H25N3S/c1-4-7-13-17-14(16-3)11(2)15(18-13)19-10-12-8-5-6-9-12/h12H,4-10H2,1-3H3,(H,16,17,18). The highest BCUT2D eigenvalue weighted by Crippen LogP contribution is 2.32. The summed E-state index contributed by atoms with van der Waals surface area (Å²) < 4.78 is 0. The Hall–Kier alpha value is -0.770. The molecule has 0 saturated heterocycles. The van der Waals surface area contributed by atoms with Crippen molar-refractivity contribution in [2.75, 3.05) is 18.1 Å². The number of aryl methyl sites for hydroxylation is 1. The van der Waals surface area contributed by atoms with Crippen LogP contribution in [0.5, 0.6) is 0 Å². The first kappa shape index (κ1) is 14.6. The van der Waals surface area contributed by atoms with Gasteiger partial charge in [-0.1, -0.05) is 19.8 Å². The minimum atomic E-state index is 0.895. The van der Waals surface area contributed by atoms with Crippen molar-refractivity contribution >= 4 is 17.6 Å². The first-order valence-corrected chi connectivity index (χ1v) is 8.41. The summed E-state index contributed by atoms with van der Waals surface area (Å²) in [6.45, 7) is 4.30. The van der Waals surface area contributed by atoms with Gasteiger partial charge in [-0.3, -0.25) is 0 Å². The maximum Gasteiger partial charge on any atom is 0.133 e. The van der Waals surface area contributed by atoms with E-state index in [4.69, 9.17) is 4.98 Å². The Bertz CT molecular complexity index is 414. The molecule has 106 valence electrons. The van der Waals surface area contributed by atoms with Crippen LogP contribution >= 0.6 is 11.8 Å². The van der Waals surface area contributed by atoms with E-state index in [1.54, 1.807) is 0 Å². The fourth-order valence-corrected chi connectivity index (χ4v) is 3.84. The molecule has 19 heavy (non-hydrogen) atoms. The molecule has 0 aromatic carbocycles. The third-order valence-electron chi connectivity index (χ3n) is 3.79. The molecule has 1 N–H and O–H groups in total. The summed E-state index contributed by atoms with van der Waals surface area (Å²) in [4.78, 5) is 9.33. The van der Waals surface area contributed by atoms with Crippen LogP contribution in [-0.4, -0.2) is 22.8 Å². The fraction of sp³-hybridized carbons (Fsp3) is 0.733. The number of hydrogen-bond acceptors (Lipinski definition) is 4. The number of anilines is 1. The first-order chi connectivity index (χ1) is 9.24. The number of rotatable bonds is 6. The number of nitrogens with one attached hydrogen (secondary N) is 1. The third kappa shape index (κ3) is 3.85. The van der Waals surface area contributed by atoms with Crippen LogP contribution in [0.4, 0.5) is 5.82 Å². The molecule has 1 aliphatic rings. The lowest BCUT2D eigenvalue weighted by atomic mass is 10.1. The van der Waals surface area contributed by atoms with Crippen LogP contribution in [0, 0.1) is 12.8 Å². The monoisotopic (exact) mass is 279 g/mol. The van der Waals surface area contributed by atoms with E-state index in [1.165, 1.54) is 42.0 Å². The topological polar surface area (TPSA) is 37.8 Å². The van der Waals surface area contributed by atoms with Crippen LogP contribution in [0.2, 0.25) is 0 Å². The lowest BCUT2D eigenvalue weighted by Gasteiger charge is -2.13. The number of nitrogens with zero attached hydrogens (tertiary/aromatic N) is 2. The first-order valence-electron chi connectivity index (χ1n) is 7.42. The Labute approximate surface area is 121 Å². The molecule has 1 aliphatic carbocycles.